The summed E-state index contributed by atoms with van der Waals surface area (Å²) in [5, 5.41) is 3.40. The van der Waals surface area contributed by atoms with Crippen molar-refractivity contribution in [2.75, 3.05) is 5.32 Å². The van der Waals surface area contributed by atoms with Gasteiger partial charge in [0.25, 0.3) is 0 Å². The molecule has 0 aromatic heterocycles. The number of esters is 1. The smallest absolute Gasteiger partial charge is 0.373 e. The Hall–Kier alpha value is -2.91. The monoisotopic (exact) mass is 383 g/mol. The fraction of sp³-hybridized carbons (Fsp3) is 0.391. The first-order valence-corrected chi connectivity index (χ1v) is 9.12. The van der Waals surface area contributed by atoms with Gasteiger partial charge in [0, 0.05) is 12.2 Å². The summed E-state index contributed by atoms with van der Waals surface area (Å²) in [7, 11) is 0. The Balaban J connectivity index is 0.00000122. The Morgan fingerprint density at radius 3 is 2.04 bits per heavy atom. The molecule has 5 heteroatoms. The van der Waals surface area contributed by atoms with Gasteiger partial charge in [-0.15, -0.1) is 0 Å². The molecule has 0 aliphatic heterocycles. The fourth-order valence-electron chi connectivity index (χ4n) is 2.41. The minimum Gasteiger partial charge on any atom is -0.456 e. The van der Waals surface area contributed by atoms with Crippen LogP contribution in [-0.4, -0.2) is 17.7 Å². The van der Waals surface area contributed by atoms with Crippen molar-refractivity contribution in [1.82, 2.24) is 0 Å². The molecule has 2 aromatic carbocycles. The second-order valence-corrected chi connectivity index (χ2v) is 8.47. The van der Waals surface area contributed by atoms with E-state index in [1.54, 1.807) is 12.1 Å². The summed E-state index contributed by atoms with van der Waals surface area (Å²) in [6.45, 7) is 13.0. The van der Waals surface area contributed by atoms with Gasteiger partial charge in [-0.2, -0.15) is 9.59 Å². The Kier molecular flexibility index (Phi) is 8.15. The van der Waals surface area contributed by atoms with Crippen molar-refractivity contribution in [3.05, 3.63) is 65.2 Å². The minimum atomic E-state index is -0.480. The van der Waals surface area contributed by atoms with Crippen molar-refractivity contribution in [2.24, 2.45) is 0 Å². The summed E-state index contributed by atoms with van der Waals surface area (Å²) >= 11 is 0. The first-order valence-electron chi connectivity index (χ1n) is 9.12. The second-order valence-electron chi connectivity index (χ2n) is 8.47. The van der Waals surface area contributed by atoms with Gasteiger partial charge in [0.2, 0.25) is 0 Å². The number of benzene rings is 2. The summed E-state index contributed by atoms with van der Waals surface area (Å²) in [4.78, 5) is 28.3. The van der Waals surface area contributed by atoms with E-state index in [1.165, 1.54) is 11.1 Å². The second kappa shape index (κ2) is 9.86. The van der Waals surface area contributed by atoms with Crippen molar-refractivity contribution in [2.45, 2.75) is 59.1 Å². The van der Waals surface area contributed by atoms with Crippen LogP contribution in [0, 0.1) is 0 Å². The quantitative estimate of drug-likeness (QED) is 0.755. The number of carbonyl (C=O) groups is 1. The van der Waals surface area contributed by atoms with Crippen molar-refractivity contribution in [3.8, 4) is 0 Å². The van der Waals surface area contributed by atoms with Gasteiger partial charge in [-0.25, -0.2) is 4.79 Å². The lowest BCUT2D eigenvalue weighted by Crippen LogP contribution is -2.23. The van der Waals surface area contributed by atoms with Gasteiger partial charge in [0.15, 0.2) is 0 Å². The van der Waals surface area contributed by atoms with Crippen LogP contribution in [0.1, 0.15) is 63.0 Å². The molecule has 0 amide bonds. The summed E-state index contributed by atoms with van der Waals surface area (Å²) < 4.78 is 5.38. The molecule has 0 aliphatic rings. The molecule has 2 aromatic rings. The highest BCUT2D eigenvalue weighted by Gasteiger charge is 2.17. The van der Waals surface area contributed by atoms with Gasteiger partial charge in [0.1, 0.15) is 5.60 Å². The van der Waals surface area contributed by atoms with E-state index >= 15 is 0 Å². The van der Waals surface area contributed by atoms with Crippen LogP contribution >= 0.6 is 0 Å². The average molecular weight is 383 g/mol. The first kappa shape index (κ1) is 23.1. The highest BCUT2D eigenvalue weighted by Crippen LogP contribution is 2.23. The van der Waals surface area contributed by atoms with E-state index in [-0.39, 0.29) is 17.5 Å². The van der Waals surface area contributed by atoms with Crippen LogP contribution in [0.25, 0.3) is 0 Å². The molecule has 28 heavy (non-hydrogen) atoms. The fourth-order valence-corrected chi connectivity index (χ4v) is 2.41. The van der Waals surface area contributed by atoms with E-state index < -0.39 is 5.60 Å². The number of carbonyl (C=O) groups excluding carboxylic acids is 3. The van der Waals surface area contributed by atoms with Crippen LogP contribution in [0.4, 0.5) is 5.69 Å². The Morgan fingerprint density at radius 1 is 0.964 bits per heavy atom. The first-order chi connectivity index (χ1) is 13.0. The molecule has 1 N–H and O–H groups in total. The SMILES string of the molecule is CC(C)(C)OC(=O)c1ccc(NCc2cccc(C(C)(C)C)c2)cc1.O=C=O. The lowest BCUT2D eigenvalue weighted by atomic mass is 9.86. The Bertz CT molecular complexity index is 806. The molecule has 0 bridgehead atoms. The predicted molar refractivity (Wildman–Crippen MR) is 109 cm³/mol. The third-order valence-corrected chi connectivity index (χ3v) is 3.81. The minimum absolute atomic E-state index is 0.144. The summed E-state index contributed by atoms with van der Waals surface area (Å²) in [6, 6.07) is 16.0. The van der Waals surface area contributed by atoms with E-state index in [1.807, 2.05) is 32.9 Å². The molecule has 0 radical (unpaired) electrons. The van der Waals surface area contributed by atoms with Gasteiger partial charge in [-0.1, -0.05) is 45.0 Å². The molecule has 0 saturated heterocycles. The Labute approximate surface area is 167 Å². The van der Waals surface area contributed by atoms with Crippen LogP contribution in [0.3, 0.4) is 0 Å². The van der Waals surface area contributed by atoms with Crippen LogP contribution < -0.4 is 5.32 Å². The molecule has 0 unspecified atom stereocenters. The zero-order valence-electron chi connectivity index (χ0n) is 17.5. The van der Waals surface area contributed by atoms with Crippen molar-refractivity contribution < 1.29 is 19.1 Å². The van der Waals surface area contributed by atoms with Crippen molar-refractivity contribution >= 4 is 17.8 Å². The molecule has 0 saturated carbocycles. The zero-order valence-corrected chi connectivity index (χ0v) is 17.5. The standard InChI is InChI=1S/C22H29NO2.CO2/c1-21(2,3)18-9-7-8-16(14-18)15-23-19-12-10-17(11-13-19)20(24)25-22(4,5)6;2-1-3/h7-14,23H,15H2,1-6H3;. The molecule has 150 valence electrons. The number of ether oxygens (including phenoxy) is 1. The van der Waals surface area contributed by atoms with Gasteiger partial charge < -0.3 is 10.1 Å². The van der Waals surface area contributed by atoms with Gasteiger partial charge in [-0.05, 0) is 61.6 Å². The molecule has 5 nitrogen and oxygen atoms in total. The number of nitrogens with one attached hydrogen (secondary N) is 1. The molecular weight excluding hydrogens is 354 g/mol. The van der Waals surface area contributed by atoms with Crippen LogP contribution in [0.2, 0.25) is 0 Å². The normalized spacial score (nSPS) is 10.9. The van der Waals surface area contributed by atoms with E-state index in [4.69, 9.17) is 14.3 Å². The van der Waals surface area contributed by atoms with Crippen LogP contribution in [0.5, 0.6) is 0 Å². The van der Waals surface area contributed by atoms with Crippen LogP contribution in [0.15, 0.2) is 48.5 Å². The Morgan fingerprint density at radius 2 is 1.54 bits per heavy atom. The van der Waals surface area contributed by atoms with Crippen molar-refractivity contribution in [1.29, 1.82) is 0 Å². The molecule has 0 atom stereocenters. The van der Waals surface area contributed by atoms with Crippen molar-refractivity contribution in [3.63, 3.8) is 0 Å². The van der Waals surface area contributed by atoms with Gasteiger partial charge in [0.05, 0.1) is 5.56 Å². The highest BCUT2D eigenvalue weighted by molar-refractivity contribution is 5.90. The van der Waals surface area contributed by atoms with E-state index in [2.05, 4.69) is 50.4 Å². The highest BCUT2D eigenvalue weighted by atomic mass is 16.6. The molecule has 2 rings (SSSR count). The van der Waals surface area contributed by atoms with E-state index in [9.17, 15) is 4.79 Å². The number of anilines is 1. The lowest BCUT2D eigenvalue weighted by Gasteiger charge is -2.20. The van der Waals surface area contributed by atoms with Gasteiger partial charge in [-0.3, -0.25) is 0 Å². The number of hydrogen-bond donors (Lipinski definition) is 1. The molecule has 0 heterocycles. The molecule has 0 aliphatic carbocycles. The topological polar surface area (TPSA) is 72.5 Å². The third kappa shape index (κ3) is 8.19. The number of rotatable bonds is 4. The molecule has 0 spiro atoms. The maximum absolute atomic E-state index is 12.0. The molecular formula is C23H29NO4. The zero-order chi connectivity index (χ0) is 21.4. The predicted octanol–water partition coefficient (Wildman–Crippen LogP) is 4.97. The summed E-state index contributed by atoms with van der Waals surface area (Å²) in [5.74, 6) is -0.295. The van der Waals surface area contributed by atoms with E-state index in [0.29, 0.717) is 5.56 Å². The van der Waals surface area contributed by atoms with Gasteiger partial charge >= 0.3 is 12.1 Å². The maximum Gasteiger partial charge on any atom is 0.373 e. The molecule has 0 fully saturated rings. The third-order valence-electron chi connectivity index (χ3n) is 3.81. The lowest BCUT2D eigenvalue weighted by molar-refractivity contribution is -0.191. The summed E-state index contributed by atoms with van der Waals surface area (Å²) in [6.07, 6.45) is 0.250. The maximum atomic E-state index is 12.0. The average Bonchev–Trinajstić information content (AvgIpc) is 2.59. The largest absolute Gasteiger partial charge is 0.456 e. The summed E-state index contributed by atoms with van der Waals surface area (Å²) in [5.41, 5.74) is 3.77. The van der Waals surface area contributed by atoms with E-state index in [0.717, 1.165) is 12.2 Å². The van der Waals surface area contributed by atoms with Crippen LogP contribution in [-0.2, 0) is 26.3 Å². The number of hydrogen-bond acceptors (Lipinski definition) is 5.